The number of rotatable bonds is 5. The number of benzene rings is 2. The second kappa shape index (κ2) is 7.99. The molecular weight excluding hydrogens is 358 g/mol. The molecule has 0 saturated heterocycles. The lowest BCUT2D eigenvalue weighted by Crippen LogP contribution is -2.38. The van der Waals surface area contributed by atoms with Crippen LogP contribution in [0.25, 0.3) is 10.9 Å². The minimum Gasteiger partial charge on any atom is -0.326 e. The molecule has 3 rings (SSSR count). The fourth-order valence-electron chi connectivity index (χ4n) is 2.94. The molecule has 0 radical (unpaired) electrons. The van der Waals surface area contributed by atoms with Crippen LogP contribution in [-0.2, 0) is 9.59 Å². The molecule has 0 bridgehead atoms. The van der Waals surface area contributed by atoms with Crippen molar-refractivity contribution in [2.75, 3.05) is 10.6 Å². The van der Waals surface area contributed by atoms with Gasteiger partial charge in [-0.1, -0.05) is 31.2 Å². The number of carbonyl (C=O) groups excluding carboxylic acids is 2. The first-order valence-electron chi connectivity index (χ1n) is 8.89. The van der Waals surface area contributed by atoms with Gasteiger partial charge in [0.15, 0.2) is 0 Å². The summed E-state index contributed by atoms with van der Waals surface area (Å²) in [4.78, 5) is 36.8. The van der Waals surface area contributed by atoms with Crippen LogP contribution in [0.15, 0.2) is 53.3 Å². The summed E-state index contributed by atoms with van der Waals surface area (Å²) in [5, 5.41) is 13.9. The molecule has 0 aliphatic carbocycles. The van der Waals surface area contributed by atoms with Crippen LogP contribution in [0.2, 0.25) is 0 Å². The van der Waals surface area contributed by atoms with Crippen molar-refractivity contribution in [1.82, 2.24) is 15.0 Å². The summed E-state index contributed by atoms with van der Waals surface area (Å²) in [6, 6.07) is 12.8. The van der Waals surface area contributed by atoms with E-state index >= 15 is 0 Å². The average Bonchev–Trinajstić information content (AvgIpc) is 2.65. The number of nitrogens with zero attached hydrogens (tertiary/aromatic N) is 3. The third kappa shape index (κ3) is 4.06. The number of hydrogen-bond donors (Lipinski definition) is 2. The van der Waals surface area contributed by atoms with Gasteiger partial charge in [0.2, 0.25) is 11.8 Å². The van der Waals surface area contributed by atoms with Gasteiger partial charge >= 0.3 is 0 Å². The Morgan fingerprint density at radius 3 is 2.18 bits per heavy atom. The first-order chi connectivity index (χ1) is 13.4. The number of nitrogens with one attached hydrogen (secondary N) is 2. The van der Waals surface area contributed by atoms with Crippen molar-refractivity contribution in [3.05, 3.63) is 58.9 Å². The van der Waals surface area contributed by atoms with Crippen molar-refractivity contribution >= 4 is 34.1 Å². The number of fused-ring (bicyclic) bond motifs is 1. The minimum absolute atomic E-state index is 0.175. The largest absolute Gasteiger partial charge is 0.326 e. The predicted octanol–water partition coefficient (Wildman–Crippen LogP) is 2.59. The zero-order chi connectivity index (χ0) is 20.3. The SMILES string of the molecule is CC(=O)Nc1ccc(NC(=O)C(C(C)C)n2nnc3ccccc3c2=O)cc1. The van der Waals surface area contributed by atoms with Crippen LogP contribution in [0.3, 0.4) is 0 Å². The van der Waals surface area contributed by atoms with Crippen molar-refractivity contribution in [3.8, 4) is 0 Å². The van der Waals surface area contributed by atoms with Crippen LogP contribution >= 0.6 is 0 Å². The standard InChI is InChI=1S/C20H21N5O3/c1-12(2)18(25-20(28)16-6-4-5-7-17(16)23-24-25)19(27)22-15-10-8-14(9-11-15)21-13(3)26/h4-12,18H,1-3H3,(H,21,26)(H,22,27). The molecule has 2 aromatic carbocycles. The molecule has 1 atom stereocenters. The minimum atomic E-state index is -0.820. The highest BCUT2D eigenvalue weighted by molar-refractivity contribution is 5.94. The molecule has 2 N–H and O–H groups in total. The molecule has 0 aliphatic rings. The van der Waals surface area contributed by atoms with Gasteiger partial charge in [-0.2, -0.15) is 4.68 Å². The van der Waals surface area contributed by atoms with Gasteiger partial charge < -0.3 is 10.6 Å². The number of aromatic nitrogens is 3. The molecule has 1 unspecified atom stereocenters. The molecule has 0 fully saturated rings. The van der Waals surface area contributed by atoms with Gasteiger partial charge in [0.1, 0.15) is 11.6 Å². The van der Waals surface area contributed by atoms with E-state index in [1.807, 2.05) is 13.8 Å². The number of carbonyl (C=O) groups is 2. The topological polar surface area (TPSA) is 106 Å². The third-order valence-electron chi connectivity index (χ3n) is 4.23. The first kappa shape index (κ1) is 19.2. The van der Waals surface area contributed by atoms with Crippen molar-refractivity contribution in [2.45, 2.75) is 26.8 Å². The summed E-state index contributed by atoms with van der Waals surface area (Å²) >= 11 is 0. The molecule has 1 aromatic heterocycles. The summed E-state index contributed by atoms with van der Waals surface area (Å²) in [7, 11) is 0. The van der Waals surface area contributed by atoms with E-state index in [0.717, 1.165) is 4.68 Å². The van der Waals surface area contributed by atoms with Crippen molar-refractivity contribution in [3.63, 3.8) is 0 Å². The van der Waals surface area contributed by atoms with E-state index in [2.05, 4.69) is 20.9 Å². The van der Waals surface area contributed by atoms with Crippen LogP contribution in [0.5, 0.6) is 0 Å². The zero-order valence-corrected chi connectivity index (χ0v) is 15.8. The maximum Gasteiger partial charge on any atom is 0.278 e. The van der Waals surface area contributed by atoms with Gasteiger partial charge in [0, 0.05) is 18.3 Å². The second-order valence-electron chi connectivity index (χ2n) is 6.79. The fraction of sp³-hybridized carbons (Fsp3) is 0.250. The Morgan fingerprint density at radius 1 is 0.964 bits per heavy atom. The molecule has 8 nitrogen and oxygen atoms in total. The van der Waals surface area contributed by atoms with Gasteiger partial charge in [0.25, 0.3) is 5.56 Å². The smallest absolute Gasteiger partial charge is 0.278 e. The monoisotopic (exact) mass is 379 g/mol. The lowest BCUT2D eigenvalue weighted by Gasteiger charge is -2.21. The van der Waals surface area contributed by atoms with E-state index in [4.69, 9.17) is 0 Å². The molecule has 1 heterocycles. The van der Waals surface area contributed by atoms with E-state index in [1.54, 1.807) is 48.5 Å². The Labute approximate surface area is 161 Å². The van der Waals surface area contributed by atoms with Gasteiger partial charge in [-0.05, 0) is 42.3 Å². The number of amides is 2. The molecular formula is C20H21N5O3. The number of hydrogen-bond acceptors (Lipinski definition) is 5. The van der Waals surface area contributed by atoms with Gasteiger partial charge in [-0.25, -0.2) is 0 Å². The van der Waals surface area contributed by atoms with Crippen molar-refractivity contribution < 1.29 is 9.59 Å². The van der Waals surface area contributed by atoms with Crippen LogP contribution in [-0.4, -0.2) is 26.8 Å². The van der Waals surface area contributed by atoms with Crippen LogP contribution in [0.4, 0.5) is 11.4 Å². The van der Waals surface area contributed by atoms with E-state index < -0.39 is 6.04 Å². The lowest BCUT2D eigenvalue weighted by molar-refractivity contribution is -0.121. The summed E-state index contributed by atoms with van der Waals surface area (Å²) < 4.78 is 1.13. The Hall–Kier alpha value is -3.55. The molecule has 2 amide bonds. The molecule has 0 spiro atoms. The van der Waals surface area contributed by atoms with E-state index in [9.17, 15) is 14.4 Å². The van der Waals surface area contributed by atoms with Gasteiger partial charge in [0.05, 0.1) is 5.39 Å². The van der Waals surface area contributed by atoms with E-state index in [-0.39, 0.29) is 23.3 Å². The van der Waals surface area contributed by atoms with Crippen LogP contribution in [0.1, 0.15) is 26.8 Å². The molecule has 144 valence electrons. The van der Waals surface area contributed by atoms with E-state index in [1.165, 1.54) is 6.92 Å². The summed E-state index contributed by atoms with van der Waals surface area (Å²) in [6.07, 6.45) is 0. The fourth-order valence-corrected chi connectivity index (χ4v) is 2.94. The lowest BCUT2D eigenvalue weighted by atomic mass is 10.0. The Kier molecular flexibility index (Phi) is 5.49. The number of anilines is 2. The highest BCUT2D eigenvalue weighted by Gasteiger charge is 2.27. The normalized spacial score (nSPS) is 12.0. The summed E-state index contributed by atoms with van der Waals surface area (Å²) in [5.74, 6) is -0.730. The Bertz CT molecular complexity index is 1070. The van der Waals surface area contributed by atoms with Crippen molar-refractivity contribution in [1.29, 1.82) is 0 Å². The summed E-state index contributed by atoms with van der Waals surface area (Å²) in [6.45, 7) is 5.10. The molecule has 28 heavy (non-hydrogen) atoms. The second-order valence-corrected chi connectivity index (χ2v) is 6.79. The zero-order valence-electron chi connectivity index (χ0n) is 15.8. The quantitative estimate of drug-likeness (QED) is 0.709. The maximum absolute atomic E-state index is 12.9. The molecule has 8 heteroatoms. The van der Waals surface area contributed by atoms with E-state index in [0.29, 0.717) is 22.3 Å². The summed E-state index contributed by atoms with van der Waals surface area (Å²) in [5.41, 5.74) is 1.30. The molecule has 0 aliphatic heterocycles. The molecule has 3 aromatic rings. The Morgan fingerprint density at radius 2 is 1.57 bits per heavy atom. The highest BCUT2D eigenvalue weighted by atomic mass is 16.2. The van der Waals surface area contributed by atoms with Gasteiger partial charge in [-0.3, -0.25) is 14.4 Å². The van der Waals surface area contributed by atoms with Crippen LogP contribution < -0.4 is 16.2 Å². The third-order valence-corrected chi connectivity index (χ3v) is 4.23. The van der Waals surface area contributed by atoms with Gasteiger partial charge in [-0.15, -0.1) is 5.10 Å². The Balaban J connectivity index is 1.88. The van der Waals surface area contributed by atoms with Crippen LogP contribution in [0, 0.1) is 5.92 Å². The first-order valence-corrected chi connectivity index (χ1v) is 8.89. The molecule has 0 saturated carbocycles. The predicted molar refractivity (Wildman–Crippen MR) is 107 cm³/mol. The highest BCUT2D eigenvalue weighted by Crippen LogP contribution is 2.20. The average molecular weight is 379 g/mol. The van der Waals surface area contributed by atoms with Crippen molar-refractivity contribution in [2.24, 2.45) is 5.92 Å². The maximum atomic E-state index is 12.9.